The average molecular weight is 193 g/mol. The Kier molecular flexibility index (Phi) is 3.68. The Morgan fingerprint density at radius 1 is 1.79 bits per heavy atom. The van der Waals surface area contributed by atoms with Crippen molar-refractivity contribution < 1.29 is 9.36 Å². The van der Waals surface area contributed by atoms with Crippen molar-refractivity contribution in [2.45, 2.75) is 12.8 Å². The Morgan fingerprint density at radius 2 is 2.57 bits per heavy atom. The van der Waals surface area contributed by atoms with Crippen LogP contribution in [0.4, 0.5) is 0 Å². The van der Waals surface area contributed by atoms with Gasteiger partial charge in [-0.15, -0.1) is 0 Å². The summed E-state index contributed by atoms with van der Waals surface area (Å²) in [5, 5.41) is 10.9. The van der Waals surface area contributed by atoms with E-state index in [1.165, 1.54) is 0 Å². The predicted molar refractivity (Wildman–Crippen MR) is 48.9 cm³/mol. The number of aryl methyl sites for hydroxylation is 1. The quantitative estimate of drug-likeness (QED) is 0.627. The number of hydrogen-bond acceptors (Lipinski definition) is 2. The number of carbonyl (C=O) groups excluding carboxylic acids is 1. The first-order chi connectivity index (χ1) is 6.74. The minimum atomic E-state index is -0.217. The molecule has 1 rings (SSSR count). The molecule has 0 fully saturated rings. The number of nitrogens with one attached hydrogen (secondary N) is 2. The van der Waals surface area contributed by atoms with Crippen molar-refractivity contribution in [3.05, 3.63) is 18.2 Å². The fourth-order valence-corrected chi connectivity index (χ4v) is 1.14. The van der Waals surface area contributed by atoms with Crippen LogP contribution in [0.25, 0.3) is 0 Å². The SMILES string of the molecule is C[n+]1c[nH]cc1CCNC(=O)CC#N. The molecule has 1 amide bonds. The Hall–Kier alpha value is -1.83. The van der Waals surface area contributed by atoms with Crippen LogP contribution in [-0.4, -0.2) is 17.4 Å². The van der Waals surface area contributed by atoms with Gasteiger partial charge in [-0.2, -0.15) is 5.26 Å². The second kappa shape index (κ2) is 5.02. The number of carbonyl (C=O) groups is 1. The minimum absolute atomic E-state index is 0.0702. The first-order valence-corrected chi connectivity index (χ1v) is 4.39. The van der Waals surface area contributed by atoms with Crippen molar-refractivity contribution in [3.8, 4) is 6.07 Å². The number of amides is 1. The molecule has 0 saturated heterocycles. The summed E-state index contributed by atoms with van der Waals surface area (Å²) in [5.41, 5.74) is 1.11. The number of hydrogen-bond donors (Lipinski definition) is 2. The molecule has 1 aromatic rings. The monoisotopic (exact) mass is 193 g/mol. The molecule has 0 bridgehead atoms. The summed E-state index contributed by atoms with van der Waals surface area (Å²) < 4.78 is 1.95. The first-order valence-electron chi connectivity index (χ1n) is 4.39. The predicted octanol–water partition coefficient (Wildman–Crippen LogP) is -0.588. The van der Waals surface area contributed by atoms with Gasteiger partial charge in [0, 0.05) is 13.0 Å². The zero-order chi connectivity index (χ0) is 10.4. The first kappa shape index (κ1) is 10.3. The van der Waals surface area contributed by atoms with Crippen LogP contribution in [-0.2, 0) is 18.3 Å². The Balaban J connectivity index is 2.26. The lowest BCUT2D eigenvalue weighted by molar-refractivity contribution is -0.677. The summed E-state index contributed by atoms with van der Waals surface area (Å²) >= 11 is 0. The maximum absolute atomic E-state index is 10.9. The fourth-order valence-electron chi connectivity index (χ4n) is 1.14. The highest BCUT2D eigenvalue weighted by atomic mass is 16.1. The summed E-state index contributed by atoms with van der Waals surface area (Å²) in [4.78, 5) is 13.9. The topological polar surface area (TPSA) is 72.6 Å². The average Bonchev–Trinajstić information content (AvgIpc) is 2.52. The van der Waals surface area contributed by atoms with Gasteiger partial charge in [0.2, 0.25) is 12.2 Å². The smallest absolute Gasteiger partial charge is 0.241 e. The van der Waals surface area contributed by atoms with Crippen molar-refractivity contribution in [2.75, 3.05) is 6.54 Å². The van der Waals surface area contributed by atoms with Crippen molar-refractivity contribution in [2.24, 2.45) is 7.05 Å². The fraction of sp³-hybridized carbons (Fsp3) is 0.444. The van der Waals surface area contributed by atoms with Crippen LogP contribution >= 0.6 is 0 Å². The van der Waals surface area contributed by atoms with Crippen LogP contribution in [0.5, 0.6) is 0 Å². The molecule has 0 aliphatic heterocycles. The van der Waals surface area contributed by atoms with Crippen LogP contribution in [0.3, 0.4) is 0 Å². The van der Waals surface area contributed by atoms with Crippen LogP contribution in [0.2, 0.25) is 0 Å². The standard InChI is InChI=1S/C9H12N4O/c1-13-7-11-6-8(13)3-5-12-9(14)2-4-10/h6-7H,2-3,5H2,1H3,(H,12,14)/p+1. The van der Waals surface area contributed by atoms with E-state index >= 15 is 0 Å². The summed E-state index contributed by atoms with van der Waals surface area (Å²) in [7, 11) is 1.93. The molecule has 0 spiro atoms. The molecule has 0 unspecified atom stereocenters. The molecule has 0 aliphatic rings. The van der Waals surface area contributed by atoms with E-state index in [1.807, 2.05) is 24.1 Å². The van der Waals surface area contributed by atoms with E-state index in [0.717, 1.165) is 12.1 Å². The number of H-pyrrole nitrogens is 1. The van der Waals surface area contributed by atoms with E-state index in [4.69, 9.17) is 5.26 Å². The van der Waals surface area contributed by atoms with Gasteiger partial charge < -0.3 is 5.32 Å². The zero-order valence-electron chi connectivity index (χ0n) is 8.08. The maximum Gasteiger partial charge on any atom is 0.241 e. The highest BCUT2D eigenvalue weighted by Gasteiger charge is 2.05. The number of imidazole rings is 1. The van der Waals surface area contributed by atoms with Gasteiger partial charge in [-0.3, -0.25) is 4.79 Å². The van der Waals surface area contributed by atoms with E-state index in [9.17, 15) is 4.79 Å². The molecular formula is C9H13N4O+. The van der Waals surface area contributed by atoms with Gasteiger partial charge in [0.25, 0.3) is 0 Å². The maximum atomic E-state index is 10.9. The van der Waals surface area contributed by atoms with Crippen molar-refractivity contribution in [1.29, 1.82) is 5.26 Å². The molecule has 1 aromatic heterocycles. The van der Waals surface area contributed by atoms with E-state index in [-0.39, 0.29) is 12.3 Å². The molecule has 5 nitrogen and oxygen atoms in total. The molecule has 2 N–H and O–H groups in total. The molecule has 0 aliphatic carbocycles. The molecule has 0 radical (unpaired) electrons. The number of nitrogens with zero attached hydrogens (tertiary/aromatic N) is 2. The van der Waals surface area contributed by atoms with Gasteiger partial charge in [-0.05, 0) is 0 Å². The second-order valence-electron chi connectivity index (χ2n) is 2.98. The number of nitriles is 1. The summed E-state index contributed by atoms with van der Waals surface area (Å²) in [6.45, 7) is 0.562. The highest BCUT2D eigenvalue weighted by molar-refractivity contribution is 5.77. The van der Waals surface area contributed by atoms with Crippen LogP contribution in [0.15, 0.2) is 12.5 Å². The summed E-state index contributed by atoms with van der Waals surface area (Å²) in [6, 6.07) is 1.80. The van der Waals surface area contributed by atoms with E-state index in [1.54, 1.807) is 6.07 Å². The number of rotatable bonds is 4. The van der Waals surface area contributed by atoms with E-state index in [0.29, 0.717) is 6.54 Å². The lowest BCUT2D eigenvalue weighted by atomic mass is 10.3. The lowest BCUT2D eigenvalue weighted by Gasteiger charge is -1.99. The normalized spacial score (nSPS) is 9.43. The highest BCUT2D eigenvalue weighted by Crippen LogP contribution is 1.88. The number of aromatic amines is 1. The molecule has 74 valence electrons. The summed E-state index contributed by atoms with van der Waals surface area (Å²) in [6.07, 6.45) is 4.42. The van der Waals surface area contributed by atoms with Crippen LogP contribution in [0, 0.1) is 11.3 Å². The summed E-state index contributed by atoms with van der Waals surface area (Å²) in [5.74, 6) is -0.217. The Labute approximate surface area is 82.4 Å². The zero-order valence-corrected chi connectivity index (χ0v) is 8.08. The largest absolute Gasteiger partial charge is 0.355 e. The lowest BCUT2D eigenvalue weighted by Crippen LogP contribution is -2.33. The van der Waals surface area contributed by atoms with E-state index < -0.39 is 0 Å². The third-order valence-corrected chi connectivity index (χ3v) is 1.91. The Bertz CT molecular complexity index is 350. The minimum Gasteiger partial charge on any atom is -0.355 e. The van der Waals surface area contributed by atoms with Crippen molar-refractivity contribution in [3.63, 3.8) is 0 Å². The van der Waals surface area contributed by atoms with E-state index in [2.05, 4.69) is 10.3 Å². The molecule has 14 heavy (non-hydrogen) atoms. The third-order valence-electron chi connectivity index (χ3n) is 1.91. The van der Waals surface area contributed by atoms with Crippen molar-refractivity contribution >= 4 is 5.91 Å². The van der Waals surface area contributed by atoms with Gasteiger partial charge in [0.1, 0.15) is 18.3 Å². The van der Waals surface area contributed by atoms with Crippen LogP contribution < -0.4 is 9.88 Å². The Morgan fingerprint density at radius 3 is 3.14 bits per heavy atom. The van der Waals surface area contributed by atoms with Gasteiger partial charge in [0.05, 0.1) is 13.1 Å². The van der Waals surface area contributed by atoms with Gasteiger partial charge in [0.15, 0.2) is 0 Å². The van der Waals surface area contributed by atoms with Crippen LogP contribution in [0.1, 0.15) is 12.1 Å². The van der Waals surface area contributed by atoms with Gasteiger partial charge in [-0.1, -0.05) is 0 Å². The molecule has 0 aromatic carbocycles. The molecule has 1 heterocycles. The molecule has 0 saturated carbocycles. The second-order valence-corrected chi connectivity index (χ2v) is 2.98. The van der Waals surface area contributed by atoms with Gasteiger partial charge in [-0.25, -0.2) is 9.55 Å². The third kappa shape index (κ3) is 2.90. The van der Waals surface area contributed by atoms with Crippen molar-refractivity contribution in [1.82, 2.24) is 10.3 Å². The molecule has 5 heteroatoms. The number of aromatic nitrogens is 2. The van der Waals surface area contributed by atoms with Gasteiger partial charge >= 0.3 is 0 Å². The molecular weight excluding hydrogens is 180 g/mol. The molecule has 0 atom stereocenters.